The zero-order valence-electron chi connectivity index (χ0n) is 11.7. The quantitative estimate of drug-likeness (QED) is 0.678. The summed E-state index contributed by atoms with van der Waals surface area (Å²) in [6, 6.07) is 0. The second kappa shape index (κ2) is 7.31. The molecule has 1 saturated heterocycles. The molecule has 1 aliphatic rings. The van der Waals surface area contributed by atoms with Crippen LogP contribution >= 0.6 is 0 Å². The zero-order chi connectivity index (χ0) is 12.7. The fourth-order valence-electron chi connectivity index (χ4n) is 2.46. The summed E-state index contributed by atoms with van der Waals surface area (Å²) < 4.78 is 0. The van der Waals surface area contributed by atoms with Gasteiger partial charge in [-0.15, -0.1) is 0 Å². The van der Waals surface area contributed by atoms with Crippen LogP contribution in [0.3, 0.4) is 0 Å². The van der Waals surface area contributed by atoms with Crippen LogP contribution in [0.4, 0.5) is 0 Å². The average molecular weight is 243 g/mol. The SMILES string of the molecule is CCCN1CCC(CO)(NCCN(C)C)CC1. The number of likely N-dealkylation sites (N-methyl/N-ethyl adjacent to an activating group) is 1. The first kappa shape index (κ1) is 14.9. The van der Waals surface area contributed by atoms with E-state index in [9.17, 15) is 5.11 Å². The van der Waals surface area contributed by atoms with E-state index in [1.807, 2.05) is 0 Å². The Labute approximate surface area is 106 Å². The Morgan fingerprint density at radius 1 is 1.29 bits per heavy atom. The minimum Gasteiger partial charge on any atom is -0.394 e. The van der Waals surface area contributed by atoms with Gasteiger partial charge in [-0.25, -0.2) is 0 Å². The van der Waals surface area contributed by atoms with E-state index in [0.717, 1.165) is 39.0 Å². The molecule has 0 saturated carbocycles. The van der Waals surface area contributed by atoms with Crippen LogP contribution in [0.5, 0.6) is 0 Å². The van der Waals surface area contributed by atoms with Crippen molar-refractivity contribution in [1.29, 1.82) is 0 Å². The molecule has 0 aromatic heterocycles. The summed E-state index contributed by atoms with van der Waals surface area (Å²) in [6.45, 7) is 7.90. The zero-order valence-corrected chi connectivity index (χ0v) is 11.7. The maximum Gasteiger partial charge on any atom is 0.0614 e. The van der Waals surface area contributed by atoms with Crippen LogP contribution in [-0.2, 0) is 0 Å². The predicted molar refractivity (Wildman–Crippen MR) is 72.3 cm³/mol. The highest BCUT2D eigenvalue weighted by Gasteiger charge is 2.32. The Morgan fingerprint density at radius 3 is 2.41 bits per heavy atom. The topological polar surface area (TPSA) is 38.7 Å². The van der Waals surface area contributed by atoms with Crippen molar-refractivity contribution < 1.29 is 5.11 Å². The van der Waals surface area contributed by atoms with Gasteiger partial charge in [0.15, 0.2) is 0 Å². The number of rotatable bonds is 7. The number of aliphatic hydroxyl groups excluding tert-OH is 1. The minimum absolute atomic E-state index is 0.0275. The van der Waals surface area contributed by atoms with Crippen molar-refractivity contribution in [1.82, 2.24) is 15.1 Å². The van der Waals surface area contributed by atoms with Crippen LogP contribution in [0.15, 0.2) is 0 Å². The van der Waals surface area contributed by atoms with Crippen molar-refractivity contribution in [2.45, 2.75) is 31.7 Å². The fourth-order valence-corrected chi connectivity index (χ4v) is 2.46. The molecule has 17 heavy (non-hydrogen) atoms. The van der Waals surface area contributed by atoms with Gasteiger partial charge in [0.25, 0.3) is 0 Å². The van der Waals surface area contributed by atoms with E-state index in [-0.39, 0.29) is 12.1 Å². The lowest BCUT2D eigenvalue weighted by Crippen LogP contribution is -2.56. The van der Waals surface area contributed by atoms with E-state index in [2.05, 4.69) is 36.1 Å². The Morgan fingerprint density at radius 2 is 1.94 bits per heavy atom. The second-order valence-electron chi connectivity index (χ2n) is 5.51. The van der Waals surface area contributed by atoms with E-state index < -0.39 is 0 Å². The normalized spacial score (nSPS) is 21.0. The molecule has 0 amide bonds. The maximum absolute atomic E-state index is 9.63. The van der Waals surface area contributed by atoms with Crippen molar-refractivity contribution in [3.8, 4) is 0 Å². The molecule has 0 atom stereocenters. The molecule has 102 valence electrons. The summed E-state index contributed by atoms with van der Waals surface area (Å²) in [5, 5.41) is 13.2. The molecule has 1 aliphatic heterocycles. The molecular weight excluding hydrogens is 214 g/mol. The minimum atomic E-state index is -0.0275. The number of hydrogen-bond acceptors (Lipinski definition) is 4. The van der Waals surface area contributed by atoms with Crippen molar-refractivity contribution >= 4 is 0 Å². The number of likely N-dealkylation sites (tertiary alicyclic amines) is 1. The van der Waals surface area contributed by atoms with Gasteiger partial charge in [0.1, 0.15) is 0 Å². The molecule has 1 rings (SSSR count). The van der Waals surface area contributed by atoms with Gasteiger partial charge in [-0.3, -0.25) is 0 Å². The van der Waals surface area contributed by atoms with Crippen molar-refractivity contribution in [2.75, 3.05) is 53.4 Å². The van der Waals surface area contributed by atoms with Gasteiger partial charge in [0.2, 0.25) is 0 Å². The molecule has 0 aromatic carbocycles. The van der Waals surface area contributed by atoms with Crippen LogP contribution in [0.1, 0.15) is 26.2 Å². The van der Waals surface area contributed by atoms with Gasteiger partial charge in [-0.2, -0.15) is 0 Å². The molecule has 0 radical (unpaired) electrons. The highest BCUT2D eigenvalue weighted by atomic mass is 16.3. The molecule has 0 bridgehead atoms. The molecule has 4 nitrogen and oxygen atoms in total. The monoisotopic (exact) mass is 243 g/mol. The number of nitrogens with one attached hydrogen (secondary N) is 1. The molecule has 1 heterocycles. The van der Waals surface area contributed by atoms with E-state index >= 15 is 0 Å². The Bertz CT molecular complexity index is 201. The summed E-state index contributed by atoms with van der Waals surface area (Å²) >= 11 is 0. The molecule has 4 heteroatoms. The summed E-state index contributed by atoms with van der Waals surface area (Å²) in [5.74, 6) is 0. The lowest BCUT2D eigenvalue weighted by atomic mass is 9.88. The van der Waals surface area contributed by atoms with Gasteiger partial charge >= 0.3 is 0 Å². The third-order valence-electron chi connectivity index (χ3n) is 3.71. The van der Waals surface area contributed by atoms with E-state index in [1.165, 1.54) is 13.0 Å². The van der Waals surface area contributed by atoms with E-state index in [0.29, 0.717) is 0 Å². The van der Waals surface area contributed by atoms with Crippen molar-refractivity contribution in [3.63, 3.8) is 0 Å². The van der Waals surface area contributed by atoms with Gasteiger partial charge in [0.05, 0.1) is 6.61 Å². The maximum atomic E-state index is 9.63. The summed E-state index contributed by atoms with van der Waals surface area (Å²) in [6.07, 6.45) is 3.36. The average Bonchev–Trinajstić information content (AvgIpc) is 2.31. The van der Waals surface area contributed by atoms with Gasteiger partial charge in [-0.05, 0) is 53.0 Å². The molecule has 0 aromatic rings. The summed E-state index contributed by atoms with van der Waals surface area (Å²) in [5.41, 5.74) is -0.0275. The Balaban J connectivity index is 2.33. The Kier molecular flexibility index (Phi) is 6.41. The summed E-state index contributed by atoms with van der Waals surface area (Å²) in [7, 11) is 4.16. The predicted octanol–water partition coefficient (Wildman–Crippen LogP) is 0.375. The lowest BCUT2D eigenvalue weighted by molar-refractivity contribution is 0.0775. The standard InChI is InChI=1S/C13H29N3O/c1-4-8-16-9-5-13(12-17,6-10-16)14-7-11-15(2)3/h14,17H,4-12H2,1-3H3. The highest BCUT2D eigenvalue weighted by molar-refractivity contribution is 4.92. The largest absolute Gasteiger partial charge is 0.394 e. The number of hydrogen-bond donors (Lipinski definition) is 2. The first-order valence-corrected chi connectivity index (χ1v) is 6.85. The highest BCUT2D eigenvalue weighted by Crippen LogP contribution is 2.21. The Hall–Kier alpha value is -0.160. The first-order valence-electron chi connectivity index (χ1n) is 6.85. The van der Waals surface area contributed by atoms with Gasteiger partial charge < -0.3 is 20.2 Å². The second-order valence-corrected chi connectivity index (χ2v) is 5.51. The van der Waals surface area contributed by atoms with Crippen LogP contribution in [0.2, 0.25) is 0 Å². The molecule has 0 spiro atoms. The smallest absolute Gasteiger partial charge is 0.0614 e. The molecule has 0 aliphatic carbocycles. The molecule has 0 unspecified atom stereocenters. The fraction of sp³-hybridized carbons (Fsp3) is 1.00. The number of nitrogens with zero attached hydrogens (tertiary/aromatic N) is 2. The molecule has 2 N–H and O–H groups in total. The molecular formula is C13H29N3O. The van der Waals surface area contributed by atoms with Crippen molar-refractivity contribution in [3.05, 3.63) is 0 Å². The van der Waals surface area contributed by atoms with Crippen molar-refractivity contribution in [2.24, 2.45) is 0 Å². The third kappa shape index (κ3) is 4.92. The van der Waals surface area contributed by atoms with Gasteiger partial charge in [0, 0.05) is 18.6 Å². The van der Waals surface area contributed by atoms with Crippen LogP contribution in [-0.4, -0.2) is 73.9 Å². The van der Waals surface area contributed by atoms with E-state index in [1.54, 1.807) is 0 Å². The van der Waals surface area contributed by atoms with Gasteiger partial charge in [-0.1, -0.05) is 6.92 Å². The van der Waals surface area contributed by atoms with Crippen LogP contribution in [0, 0.1) is 0 Å². The third-order valence-corrected chi connectivity index (χ3v) is 3.71. The first-order chi connectivity index (χ1) is 8.12. The van der Waals surface area contributed by atoms with Crippen LogP contribution in [0.25, 0.3) is 0 Å². The van der Waals surface area contributed by atoms with Crippen LogP contribution < -0.4 is 5.32 Å². The van der Waals surface area contributed by atoms with E-state index in [4.69, 9.17) is 0 Å². The lowest BCUT2D eigenvalue weighted by Gasteiger charge is -2.41. The number of piperidine rings is 1. The number of aliphatic hydroxyl groups is 1. The summed E-state index contributed by atoms with van der Waals surface area (Å²) in [4.78, 5) is 4.67. The molecule has 1 fully saturated rings.